The highest BCUT2D eigenvalue weighted by atomic mass is 35.5. The van der Waals surface area contributed by atoms with Gasteiger partial charge in [-0.15, -0.1) is 0 Å². The van der Waals surface area contributed by atoms with E-state index in [1.807, 2.05) is 0 Å². The van der Waals surface area contributed by atoms with Crippen LogP contribution in [0.5, 0.6) is 11.5 Å². The zero-order chi connectivity index (χ0) is 23.8. The van der Waals surface area contributed by atoms with Crippen molar-refractivity contribution in [2.75, 3.05) is 12.4 Å². The number of anilines is 1. The number of carbonyl (C=O) groups excluding carboxylic acids is 3. The maximum Gasteiger partial charge on any atom is 0.343 e. The number of methoxy groups -OCH3 is 1. The van der Waals surface area contributed by atoms with Crippen molar-refractivity contribution in [3.05, 3.63) is 87.9 Å². The Morgan fingerprint density at radius 2 is 1.64 bits per heavy atom. The number of benzene rings is 3. The van der Waals surface area contributed by atoms with E-state index in [0.717, 1.165) is 0 Å². The zero-order valence-electron chi connectivity index (χ0n) is 17.2. The molecule has 0 aliphatic rings. The molecule has 2 amide bonds. The fourth-order valence-corrected chi connectivity index (χ4v) is 3.14. The van der Waals surface area contributed by atoms with Gasteiger partial charge in [0, 0.05) is 21.3 Å². The van der Waals surface area contributed by atoms with Crippen molar-refractivity contribution in [1.82, 2.24) is 5.43 Å². The number of ether oxygens (including phenoxy) is 2. The van der Waals surface area contributed by atoms with E-state index in [2.05, 4.69) is 15.8 Å². The largest absolute Gasteiger partial charge is 0.497 e. The second-order valence-corrected chi connectivity index (χ2v) is 7.34. The lowest BCUT2D eigenvalue weighted by atomic mass is 10.2. The molecular weight excluding hydrogens is 469 g/mol. The predicted octanol–water partition coefficient (Wildman–Crippen LogP) is 4.31. The average Bonchev–Trinajstić information content (AvgIpc) is 2.79. The third-order valence-corrected chi connectivity index (χ3v) is 4.56. The highest BCUT2D eigenvalue weighted by Crippen LogP contribution is 2.22. The fraction of sp³-hybridized carbons (Fsp3) is 0.0435. The summed E-state index contributed by atoms with van der Waals surface area (Å²) >= 11 is 11.7. The molecule has 3 rings (SSSR count). The molecule has 0 aromatic heterocycles. The van der Waals surface area contributed by atoms with Crippen LogP contribution in [0.15, 0.2) is 71.8 Å². The maximum absolute atomic E-state index is 12.5. The van der Waals surface area contributed by atoms with E-state index < -0.39 is 17.8 Å². The molecule has 10 heteroatoms. The molecule has 0 radical (unpaired) electrons. The van der Waals surface area contributed by atoms with Crippen LogP contribution in [0.2, 0.25) is 10.0 Å². The molecular formula is C23H17Cl2N3O5. The number of halogens is 2. The summed E-state index contributed by atoms with van der Waals surface area (Å²) in [5.74, 6) is -1.86. The Labute approximate surface area is 199 Å². The molecule has 0 atom stereocenters. The zero-order valence-corrected chi connectivity index (χ0v) is 18.7. The molecule has 168 valence electrons. The van der Waals surface area contributed by atoms with Gasteiger partial charge in [0.2, 0.25) is 0 Å². The highest BCUT2D eigenvalue weighted by molar-refractivity contribution is 6.40. The summed E-state index contributed by atoms with van der Waals surface area (Å²) < 4.78 is 10.5. The number of para-hydroxylation sites is 1. The number of amides is 2. The molecule has 33 heavy (non-hydrogen) atoms. The fourth-order valence-electron chi connectivity index (χ4n) is 2.61. The van der Waals surface area contributed by atoms with Crippen LogP contribution in [0.1, 0.15) is 15.9 Å². The minimum atomic E-state index is -1.02. The van der Waals surface area contributed by atoms with E-state index in [4.69, 9.17) is 32.7 Å². The van der Waals surface area contributed by atoms with Gasteiger partial charge in [0.15, 0.2) is 0 Å². The van der Waals surface area contributed by atoms with Crippen LogP contribution in [0, 0.1) is 0 Å². The number of nitrogens with one attached hydrogen (secondary N) is 2. The third-order valence-electron chi connectivity index (χ3n) is 4.12. The molecule has 0 unspecified atom stereocenters. The Morgan fingerprint density at radius 3 is 2.36 bits per heavy atom. The molecule has 2 N–H and O–H groups in total. The molecule has 3 aromatic carbocycles. The summed E-state index contributed by atoms with van der Waals surface area (Å²) in [6.07, 6.45) is 1.25. The molecule has 0 aliphatic heterocycles. The molecule has 0 saturated carbocycles. The van der Waals surface area contributed by atoms with Crippen LogP contribution in [0.3, 0.4) is 0 Å². The summed E-state index contributed by atoms with van der Waals surface area (Å²) in [6.45, 7) is 0. The number of nitrogens with zero attached hydrogens (tertiary/aromatic N) is 1. The second kappa shape index (κ2) is 11.1. The lowest BCUT2D eigenvalue weighted by Crippen LogP contribution is -2.32. The van der Waals surface area contributed by atoms with Gasteiger partial charge < -0.3 is 14.8 Å². The monoisotopic (exact) mass is 485 g/mol. The van der Waals surface area contributed by atoms with Crippen LogP contribution in [-0.2, 0) is 9.59 Å². The highest BCUT2D eigenvalue weighted by Gasteiger charge is 2.14. The molecule has 0 fully saturated rings. The number of hydrogen-bond acceptors (Lipinski definition) is 6. The van der Waals surface area contributed by atoms with Gasteiger partial charge in [-0.2, -0.15) is 5.10 Å². The number of esters is 1. The predicted molar refractivity (Wildman–Crippen MR) is 125 cm³/mol. The Balaban J connectivity index is 1.63. The number of hydrazone groups is 1. The molecule has 0 aliphatic carbocycles. The van der Waals surface area contributed by atoms with Gasteiger partial charge in [-0.05, 0) is 48.5 Å². The molecule has 0 saturated heterocycles. The van der Waals surface area contributed by atoms with E-state index in [0.29, 0.717) is 26.9 Å². The minimum absolute atomic E-state index is 0.210. The normalized spacial score (nSPS) is 10.5. The van der Waals surface area contributed by atoms with E-state index in [1.165, 1.54) is 31.5 Å². The van der Waals surface area contributed by atoms with E-state index in [-0.39, 0.29) is 11.4 Å². The first kappa shape index (κ1) is 23.8. The van der Waals surface area contributed by atoms with Gasteiger partial charge in [0.05, 0.1) is 18.9 Å². The van der Waals surface area contributed by atoms with Crippen LogP contribution in [0.4, 0.5) is 5.69 Å². The molecule has 0 spiro atoms. The summed E-state index contributed by atoms with van der Waals surface area (Å²) in [7, 11) is 1.49. The third kappa shape index (κ3) is 6.80. The van der Waals surface area contributed by atoms with Crippen molar-refractivity contribution < 1.29 is 23.9 Å². The van der Waals surface area contributed by atoms with Crippen molar-refractivity contribution in [1.29, 1.82) is 0 Å². The Bertz CT molecular complexity index is 1210. The summed E-state index contributed by atoms with van der Waals surface area (Å²) in [6, 6.07) is 17.4. The van der Waals surface area contributed by atoms with Gasteiger partial charge in [0.25, 0.3) is 0 Å². The first-order valence-corrected chi connectivity index (χ1v) is 10.2. The van der Waals surface area contributed by atoms with Crippen molar-refractivity contribution in [2.45, 2.75) is 0 Å². The lowest BCUT2D eigenvalue weighted by Gasteiger charge is -2.08. The summed E-state index contributed by atoms with van der Waals surface area (Å²) in [4.78, 5) is 36.5. The van der Waals surface area contributed by atoms with Gasteiger partial charge in [0.1, 0.15) is 11.5 Å². The summed E-state index contributed by atoms with van der Waals surface area (Å²) in [5, 5.41) is 6.73. The van der Waals surface area contributed by atoms with Crippen molar-refractivity contribution in [3.8, 4) is 11.5 Å². The first-order chi connectivity index (χ1) is 15.9. The SMILES string of the molecule is COc1cccc(C(=O)Oc2ccccc2/C=N/NC(=O)C(=O)Nc2cc(Cl)cc(Cl)c2)c1. The number of hydrogen-bond donors (Lipinski definition) is 2. The molecule has 0 bridgehead atoms. The topological polar surface area (TPSA) is 106 Å². The Hall–Kier alpha value is -3.88. The lowest BCUT2D eigenvalue weighted by molar-refractivity contribution is -0.136. The molecule has 3 aromatic rings. The average molecular weight is 486 g/mol. The van der Waals surface area contributed by atoms with Crippen molar-refractivity contribution in [2.24, 2.45) is 5.10 Å². The van der Waals surface area contributed by atoms with E-state index >= 15 is 0 Å². The smallest absolute Gasteiger partial charge is 0.343 e. The molecule has 8 nitrogen and oxygen atoms in total. The van der Waals surface area contributed by atoms with Gasteiger partial charge in [-0.3, -0.25) is 9.59 Å². The van der Waals surface area contributed by atoms with Crippen molar-refractivity contribution in [3.63, 3.8) is 0 Å². The molecule has 0 heterocycles. The first-order valence-electron chi connectivity index (χ1n) is 9.41. The number of carbonyl (C=O) groups is 3. The van der Waals surface area contributed by atoms with Crippen LogP contribution < -0.4 is 20.2 Å². The summed E-state index contributed by atoms with van der Waals surface area (Å²) in [5.41, 5.74) is 3.06. The minimum Gasteiger partial charge on any atom is -0.497 e. The van der Waals surface area contributed by atoms with E-state index in [9.17, 15) is 14.4 Å². The Morgan fingerprint density at radius 1 is 0.909 bits per heavy atom. The second-order valence-electron chi connectivity index (χ2n) is 6.47. The van der Waals surface area contributed by atoms with Crippen molar-refractivity contribution >= 4 is 52.9 Å². The van der Waals surface area contributed by atoms with Gasteiger partial charge in [-0.1, -0.05) is 41.4 Å². The van der Waals surface area contributed by atoms with Gasteiger partial charge >= 0.3 is 17.8 Å². The van der Waals surface area contributed by atoms with Crippen LogP contribution in [-0.4, -0.2) is 31.1 Å². The standard InChI is InChI=1S/C23H17Cl2N3O5/c1-32-19-7-4-6-14(9-19)23(31)33-20-8-3-2-5-15(20)13-26-28-22(30)21(29)27-18-11-16(24)10-17(25)12-18/h2-13H,1H3,(H,27,29)(H,28,30)/b26-13+. The quantitative estimate of drug-likeness (QED) is 0.178. The maximum atomic E-state index is 12.5. The van der Waals surface area contributed by atoms with E-state index in [1.54, 1.807) is 48.5 Å². The Kier molecular flexibility index (Phi) is 8.01. The number of rotatable bonds is 6. The van der Waals surface area contributed by atoms with Crippen LogP contribution in [0.25, 0.3) is 0 Å². The van der Waals surface area contributed by atoms with Gasteiger partial charge in [-0.25, -0.2) is 10.2 Å². The van der Waals surface area contributed by atoms with Crippen LogP contribution >= 0.6 is 23.2 Å².